The molecule has 0 aliphatic heterocycles. The third-order valence-electron chi connectivity index (χ3n) is 5.90. The number of allylic oxidation sites excluding steroid dienone is 2. The molecular weight excluding hydrogens is 416 g/mol. The lowest BCUT2D eigenvalue weighted by Crippen LogP contribution is -2.08. The fourth-order valence-corrected chi connectivity index (χ4v) is 3.74. The number of hydrogen-bond donors (Lipinski definition) is 0. The van der Waals surface area contributed by atoms with Crippen molar-refractivity contribution in [1.82, 2.24) is 0 Å². The topological polar surface area (TPSA) is 99.8 Å². The molecular formula is C28H50O5. The molecule has 0 saturated heterocycles. The maximum Gasteiger partial charge on any atom is 0.198 e. The van der Waals surface area contributed by atoms with Crippen LogP contribution in [0, 0.1) is 0 Å². The van der Waals surface area contributed by atoms with Gasteiger partial charge >= 0.3 is 0 Å². The van der Waals surface area contributed by atoms with E-state index in [0.29, 0.717) is 43.7 Å². The van der Waals surface area contributed by atoms with E-state index in [2.05, 4.69) is 13.0 Å². The van der Waals surface area contributed by atoms with Crippen LogP contribution in [0.1, 0.15) is 142 Å². The molecule has 0 aliphatic rings. The summed E-state index contributed by atoms with van der Waals surface area (Å²) in [6.07, 6.45) is 23.3. The van der Waals surface area contributed by atoms with Crippen molar-refractivity contribution in [1.29, 1.82) is 0 Å². The number of Topliss-reactive ketones (excluding diaryl/α,β-unsaturated/α-hetero) is 4. The second-order valence-corrected chi connectivity index (χ2v) is 9.12. The molecule has 0 aromatic rings. The number of ketones is 4. The summed E-state index contributed by atoms with van der Waals surface area (Å²) in [4.78, 5) is 45.9. The van der Waals surface area contributed by atoms with Crippen LogP contribution >= 0.6 is 0 Å². The van der Waals surface area contributed by atoms with Crippen LogP contribution in [-0.2, 0) is 19.2 Å². The molecule has 2 N–H and O–H groups in total. The molecule has 192 valence electrons. The zero-order valence-electron chi connectivity index (χ0n) is 21.4. The Bertz CT molecular complexity index is 550. The van der Waals surface area contributed by atoms with Crippen molar-refractivity contribution < 1.29 is 24.7 Å². The number of carbonyl (C=O) groups excluding carboxylic acids is 4. The van der Waals surface area contributed by atoms with E-state index in [1.807, 2.05) is 6.08 Å². The minimum atomic E-state index is -0.364. The highest BCUT2D eigenvalue weighted by Gasteiger charge is 2.07. The summed E-state index contributed by atoms with van der Waals surface area (Å²) < 4.78 is 0. The predicted octanol–water partition coefficient (Wildman–Crippen LogP) is 6.84. The summed E-state index contributed by atoms with van der Waals surface area (Å²) in [7, 11) is 0. The molecule has 0 bridgehead atoms. The largest absolute Gasteiger partial charge is 0.412 e. The molecule has 5 nitrogen and oxygen atoms in total. The first-order valence-corrected chi connectivity index (χ1v) is 13.2. The zero-order chi connectivity index (χ0) is 23.9. The van der Waals surface area contributed by atoms with Gasteiger partial charge in [-0.1, -0.05) is 76.9 Å². The van der Waals surface area contributed by atoms with Gasteiger partial charge in [0.1, 0.15) is 11.6 Å². The Morgan fingerprint density at radius 3 is 1.58 bits per heavy atom. The molecule has 0 amide bonds. The van der Waals surface area contributed by atoms with Gasteiger partial charge in [-0.3, -0.25) is 19.2 Å². The van der Waals surface area contributed by atoms with Crippen molar-refractivity contribution in [2.45, 2.75) is 142 Å². The minimum Gasteiger partial charge on any atom is -0.412 e. The van der Waals surface area contributed by atoms with Gasteiger partial charge in [-0.05, 0) is 38.5 Å². The van der Waals surface area contributed by atoms with Gasteiger partial charge < -0.3 is 5.48 Å². The first-order chi connectivity index (χ1) is 15.5. The third kappa shape index (κ3) is 24.8. The summed E-state index contributed by atoms with van der Waals surface area (Å²) in [6.45, 7) is 3.55. The Kier molecular flexibility index (Phi) is 25.4. The van der Waals surface area contributed by atoms with Crippen LogP contribution in [0.3, 0.4) is 0 Å². The van der Waals surface area contributed by atoms with Crippen LogP contribution in [0.5, 0.6) is 0 Å². The van der Waals surface area contributed by atoms with Crippen molar-refractivity contribution in [2.24, 2.45) is 0 Å². The maximum atomic E-state index is 11.9. The van der Waals surface area contributed by atoms with E-state index in [9.17, 15) is 19.2 Å². The van der Waals surface area contributed by atoms with Crippen molar-refractivity contribution >= 4 is 23.1 Å². The van der Waals surface area contributed by atoms with Crippen LogP contribution in [0.15, 0.2) is 12.2 Å². The Morgan fingerprint density at radius 1 is 0.545 bits per heavy atom. The molecule has 0 saturated carbocycles. The number of carbonyl (C=O) groups is 4. The third-order valence-corrected chi connectivity index (χ3v) is 5.90. The molecule has 0 spiro atoms. The van der Waals surface area contributed by atoms with Gasteiger partial charge in [-0.15, -0.1) is 0 Å². The van der Waals surface area contributed by atoms with Crippen molar-refractivity contribution in [2.75, 3.05) is 0 Å². The Hall–Kier alpha value is -1.62. The second kappa shape index (κ2) is 25.0. The standard InChI is InChI=1S/C28H48O4.H2O/c1-3-4-5-6-7-8-9-10-11-15-20-26(30)22-17-14-18-23-27(31)21-16-12-13-19-24-28(32)25(2)29;/h11,15H,3-10,12-14,16-24H2,1-2H3;1H2. The fourth-order valence-electron chi connectivity index (χ4n) is 3.74. The molecule has 0 fully saturated rings. The summed E-state index contributed by atoms with van der Waals surface area (Å²) in [6, 6.07) is 0. The first-order valence-electron chi connectivity index (χ1n) is 13.2. The first kappa shape index (κ1) is 33.6. The average molecular weight is 467 g/mol. The van der Waals surface area contributed by atoms with Gasteiger partial charge in [-0.2, -0.15) is 0 Å². The van der Waals surface area contributed by atoms with Gasteiger partial charge in [0, 0.05) is 39.0 Å². The molecule has 0 aliphatic carbocycles. The number of unbranched alkanes of at least 4 members (excludes halogenated alkanes) is 12. The van der Waals surface area contributed by atoms with Crippen LogP contribution in [0.25, 0.3) is 0 Å². The van der Waals surface area contributed by atoms with E-state index >= 15 is 0 Å². The van der Waals surface area contributed by atoms with Gasteiger partial charge in [0.2, 0.25) is 0 Å². The quantitative estimate of drug-likeness (QED) is 0.0883. The van der Waals surface area contributed by atoms with Gasteiger partial charge in [0.15, 0.2) is 11.6 Å². The summed E-state index contributed by atoms with van der Waals surface area (Å²) in [5.41, 5.74) is 0. The Morgan fingerprint density at radius 2 is 1.00 bits per heavy atom. The SMILES string of the molecule is CCCCCCCCCC=CCC(=O)CCCCCC(=O)CCCCCCC(=O)C(C)=O.O. The van der Waals surface area contributed by atoms with Gasteiger partial charge in [0.05, 0.1) is 0 Å². The van der Waals surface area contributed by atoms with E-state index in [1.165, 1.54) is 51.9 Å². The summed E-state index contributed by atoms with van der Waals surface area (Å²) in [5.74, 6) is -0.0592. The van der Waals surface area contributed by atoms with E-state index in [4.69, 9.17) is 0 Å². The molecule has 0 aromatic heterocycles. The Labute approximate surface area is 202 Å². The van der Waals surface area contributed by atoms with Gasteiger partial charge in [-0.25, -0.2) is 0 Å². The molecule has 0 unspecified atom stereocenters. The highest BCUT2D eigenvalue weighted by molar-refractivity contribution is 6.36. The fraction of sp³-hybridized carbons (Fsp3) is 0.786. The highest BCUT2D eigenvalue weighted by Crippen LogP contribution is 2.11. The van der Waals surface area contributed by atoms with E-state index < -0.39 is 0 Å². The van der Waals surface area contributed by atoms with E-state index in [0.717, 1.165) is 51.4 Å². The lowest BCUT2D eigenvalue weighted by atomic mass is 10.0. The molecule has 0 rings (SSSR count). The van der Waals surface area contributed by atoms with Crippen molar-refractivity contribution in [3.63, 3.8) is 0 Å². The normalized spacial score (nSPS) is 10.8. The molecule has 5 heteroatoms. The average Bonchev–Trinajstić information content (AvgIpc) is 2.76. The van der Waals surface area contributed by atoms with E-state index in [-0.39, 0.29) is 17.0 Å². The summed E-state index contributed by atoms with van der Waals surface area (Å²) >= 11 is 0. The van der Waals surface area contributed by atoms with Crippen LogP contribution < -0.4 is 0 Å². The van der Waals surface area contributed by atoms with Gasteiger partial charge in [0.25, 0.3) is 0 Å². The molecule has 0 radical (unpaired) electrons. The summed E-state index contributed by atoms with van der Waals surface area (Å²) in [5, 5.41) is 0. The monoisotopic (exact) mass is 466 g/mol. The number of hydrogen-bond acceptors (Lipinski definition) is 4. The highest BCUT2D eigenvalue weighted by atomic mass is 16.2. The zero-order valence-corrected chi connectivity index (χ0v) is 21.4. The Balaban J connectivity index is 0. The van der Waals surface area contributed by atoms with Crippen LogP contribution in [-0.4, -0.2) is 28.6 Å². The molecule has 0 heterocycles. The number of rotatable bonds is 24. The lowest BCUT2D eigenvalue weighted by molar-refractivity contribution is -0.135. The molecule has 0 aromatic carbocycles. The molecule has 0 atom stereocenters. The second-order valence-electron chi connectivity index (χ2n) is 9.12. The van der Waals surface area contributed by atoms with Crippen molar-refractivity contribution in [3.8, 4) is 0 Å². The van der Waals surface area contributed by atoms with E-state index in [1.54, 1.807) is 0 Å². The smallest absolute Gasteiger partial charge is 0.198 e. The lowest BCUT2D eigenvalue weighted by Gasteiger charge is -2.02. The molecule has 33 heavy (non-hydrogen) atoms. The van der Waals surface area contributed by atoms with Crippen LogP contribution in [0.2, 0.25) is 0 Å². The maximum absolute atomic E-state index is 11.9. The van der Waals surface area contributed by atoms with Crippen LogP contribution in [0.4, 0.5) is 0 Å². The van der Waals surface area contributed by atoms with Crippen molar-refractivity contribution in [3.05, 3.63) is 12.2 Å². The predicted molar refractivity (Wildman–Crippen MR) is 136 cm³/mol. The minimum absolute atomic E-state index is 0.